The number of rotatable bonds is 4. The molecule has 0 aliphatic rings. The van der Waals surface area contributed by atoms with E-state index in [1.807, 2.05) is 25.1 Å². The van der Waals surface area contributed by atoms with E-state index in [1.165, 1.54) is 5.56 Å². The number of carbonyl (C=O) groups is 1. The summed E-state index contributed by atoms with van der Waals surface area (Å²) < 4.78 is 0. The zero-order chi connectivity index (χ0) is 13.0. The first kappa shape index (κ1) is 12.4. The molecule has 0 aliphatic carbocycles. The molecule has 0 saturated heterocycles. The Morgan fingerprint density at radius 2 is 2.06 bits per heavy atom. The zero-order valence-corrected chi connectivity index (χ0v) is 10.7. The first-order valence-corrected chi connectivity index (χ1v) is 6.07. The molecule has 2 rings (SSSR count). The Morgan fingerprint density at radius 3 is 2.67 bits per heavy atom. The average Bonchev–Trinajstić information content (AvgIpc) is 2.82. The number of carbonyl (C=O) groups excluding carboxylic acids is 1. The minimum atomic E-state index is -0.0906. The smallest absolute Gasteiger partial charge is 0.255 e. The van der Waals surface area contributed by atoms with Gasteiger partial charge in [0.25, 0.3) is 5.91 Å². The first-order valence-electron chi connectivity index (χ1n) is 6.07. The number of amides is 1. The van der Waals surface area contributed by atoms with E-state index in [1.54, 1.807) is 6.20 Å². The molecule has 4 nitrogen and oxygen atoms in total. The molecule has 0 saturated carbocycles. The standard InChI is InChI=1S/C14H17N3O/c1-3-11-6-4-5-7-12(11)8-15-14(18)13-9-16-17-10(13)2/h4-7,9H,3,8H2,1-2H3,(H,15,18)(H,16,17). The summed E-state index contributed by atoms with van der Waals surface area (Å²) in [5.41, 5.74) is 3.82. The number of hydrogen-bond donors (Lipinski definition) is 2. The molecule has 0 spiro atoms. The minimum Gasteiger partial charge on any atom is -0.348 e. The van der Waals surface area contributed by atoms with Gasteiger partial charge in [0.15, 0.2) is 0 Å². The molecule has 0 radical (unpaired) electrons. The predicted octanol–water partition coefficient (Wildman–Crippen LogP) is 2.21. The van der Waals surface area contributed by atoms with E-state index in [0.717, 1.165) is 17.7 Å². The maximum absolute atomic E-state index is 11.9. The molecule has 1 amide bonds. The number of H-pyrrole nitrogens is 1. The summed E-state index contributed by atoms with van der Waals surface area (Å²) in [6, 6.07) is 8.14. The van der Waals surface area contributed by atoms with Crippen molar-refractivity contribution in [3.8, 4) is 0 Å². The van der Waals surface area contributed by atoms with Crippen molar-refractivity contribution < 1.29 is 4.79 Å². The van der Waals surface area contributed by atoms with Crippen LogP contribution in [0.3, 0.4) is 0 Å². The van der Waals surface area contributed by atoms with Gasteiger partial charge in [-0.2, -0.15) is 5.10 Å². The van der Waals surface area contributed by atoms with E-state index in [2.05, 4.69) is 28.5 Å². The summed E-state index contributed by atoms with van der Waals surface area (Å²) in [5.74, 6) is -0.0906. The molecule has 0 atom stereocenters. The second kappa shape index (κ2) is 5.49. The Bertz CT molecular complexity index is 545. The molecule has 94 valence electrons. The molecule has 0 aliphatic heterocycles. The third-order valence-corrected chi connectivity index (χ3v) is 3.01. The van der Waals surface area contributed by atoms with Crippen molar-refractivity contribution in [3.05, 3.63) is 52.8 Å². The average molecular weight is 243 g/mol. The van der Waals surface area contributed by atoms with Crippen LogP contribution >= 0.6 is 0 Å². The lowest BCUT2D eigenvalue weighted by Gasteiger charge is -2.08. The van der Waals surface area contributed by atoms with Crippen LogP contribution < -0.4 is 5.32 Å². The highest BCUT2D eigenvalue weighted by Gasteiger charge is 2.10. The van der Waals surface area contributed by atoms with Gasteiger partial charge in [0.05, 0.1) is 11.8 Å². The van der Waals surface area contributed by atoms with Crippen molar-refractivity contribution in [3.63, 3.8) is 0 Å². The van der Waals surface area contributed by atoms with Gasteiger partial charge in [-0.3, -0.25) is 9.89 Å². The van der Waals surface area contributed by atoms with Crippen LogP contribution in [0.4, 0.5) is 0 Å². The topological polar surface area (TPSA) is 57.8 Å². The summed E-state index contributed by atoms with van der Waals surface area (Å²) in [6.45, 7) is 4.50. The van der Waals surface area contributed by atoms with Gasteiger partial charge in [0.1, 0.15) is 0 Å². The SMILES string of the molecule is CCc1ccccc1CNC(=O)c1cn[nH]c1C. The van der Waals surface area contributed by atoms with Crippen LogP contribution in [0.15, 0.2) is 30.5 Å². The molecule has 1 aromatic heterocycles. The maximum atomic E-state index is 11.9. The molecule has 4 heteroatoms. The lowest BCUT2D eigenvalue weighted by molar-refractivity contribution is 0.0950. The lowest BCUT2D eigenvalue weighted by Crippen LogP contribution is -2.23. The van der Waals surface area contributed by atoms with E-state index in [4.69, 9.17) is 0 Å². The van der Waals surface area contributed by atoms with Crippen molar-refractivity contribution in [1.82, 2.24) is 15.5 Å². The number of aromatic amines is 1. The summed E-state index contributed by atoms with van der Waals surface area (Å²) in [4.78, 5) is 11.9. The van der Waals surface area contributed by atoms with Gasteiger partial charge in [0.2, 0.25) is 0 Å². The number of nitrogens with one attached hydrogen (secondary N) is 2. The Kier molecular flexibility index (Phi) is 3.77. The van der Waals surface area contributed by atoms with Crippen LogP contribution in [-0.2, 0) is 13.0 Å². The van der Waals surface area contributed by atoms with Gasteiger partial charge in [-0.1, -0.05) is 31.2 Å². The van der Waals surface area contributed by atoms with Gasteiger partial charge >= 0.3 is 0 Å². The van der Waals surface area contributed by atoms with E-state index in [-0.39, 0.29) is 5.91 Å². The van der Waals surface area contributed by atoms with E-state index in [0.29, 0.717) is 12.1 Å². The molecule has 2 aromatic rings. The molecular weight excluding hydrogens is 226 g/mol. The number of aromatic nitrogens is 2. The third kappa shape index (κ3) is 2.59. The van der Waals surface area contributed by atoms with Crippen LogP contribution in [0.2, 0.25) is 0 Å². The third-order valence-electron chi connectivity index (χ3n) is 3.01. The highest BCUT2D eigenvalue weighted by atomic mass is 16.1. The summed E-state index contributed by atoms with van der Waals surface area (Å²) in [7, 11) is 0. The minimum absolute atomic E-state index is 0.0906. The number of aryl methyl sites for hydroxylation is 2. The maximum Gasteiger partial charge on any atom is 0.255 e. The molecule has 0 bridgehead atoms. The van der Waals surface area contributed by atoms with Gasteiger partial charge in [0, 0.05) is 12.2 Å². The van der Waals surface area contributed by atoms with Crippen LogP contribution in [0, 0.1) is 6.92 Å². The Hall–Kier alpha value is -2.10. The van der Waals surface area contributed by atoms with E-state index in [9.17, 15) is 4.79 Å². The monoisotopic (exact) mass is 243 g/mol. The fourth-order valence-electron chi connectivity index (χ4n) is 1.93. The molecular formula is C14H17N3O. The molecule has 18 heavy (non-hydrogen) atoms. The predicted molar refractivity (Wildman–Crippen MR) is 70.3 cm³/mol. The molecule has 0 unspecified atom stereocenters. The summed E-state index contributed by atoms with van der Waals surface area (Å²) in [6.07, 6.45) is 2.52. The summed E-state index contributed by atoms with van der Waals surface area (Å²) >= 11 is 0. The largest absolute Gasteiger partial charge is 0.348 e. The fourth-order valence-corrected chi connectivity index (χ4v) is 1.93. The van der Waals surface area contributed by atoms with Gasteiger partial charge in [-0.25, -0.2) is 0 Å². The number of benzene rings is 1. The van der Waals surface area contributed by atoms with Crippen molar-refractivity contribution in [1.29, 1.82) is 0 Å². The Labute approximate surface area is 106 Å². The van der Waals surface area contributed by atoms with Crippen molar-refractivity contribution in [2.24, 2.45) is 0 Å². The van der Waals surface area contributed by atoms with Crippen LogP contribution in [0.5, 0.6) is 0 Å². The van der Waals surface area contributed by atoms with Gasteiger partial charge < -0.3 is 5.32 Å². The quantitative estimate of drug-likeness (QED) is 0.865. The molecule has 0 fully saturated rings. The van der Waals surface area contributed by atoms with Crippen molar-refractivity contribution >= 4 is 5.91 Å². The fraction of sp³-hybridized carbons (Fsp3) is 0.286. The molecule has 2 N–H and O–H groups in total. The first-order chi connectivity index (χ1) is 8.72. The van der Waals surface area contributed by atoms with Crippen LogP contribution in [0.25, 0.3) is 0 Å². The van der Waals surface area contributed by atoms with Crippen LogP contribution in [0.1, 0.15) is 34.1 Å². The van der Waals surface area contributed by atoms with Crippen molar-refractivity contribution in [2.45, 2.75) is 26.8 Å². The zero-order valence-electron chi connectivity index (χ0n) is 10.7. The highest BCUT2D eigenvalue weighted by Crippen LogP contribution is 2.09. The highest BCUT2D eigenvalue weighted by molar-refractivity contribution is 5.94. The molecule has 1 aromatic carbocycles. The second-order valence-corrected chi connectivity index (χ2v) is 4.21. The van der Waals surface area contributed by atoms with E-state index >= 15 is 0 Å². The normalized spacial score (nSPS) is 10.3. The summed E-state index contributed by atoms with van der Waals surface area (Å²) in [5, 5.41) is 9.52. The Balaban J connectivity index is 2.04. The van der Waals surface area contributed by atoms with Crippen LogP contribution in [-0.4, -0.2) is 16.1 Å². The van der Waals surface area contributed by atoms with E-state index < -0.39 is 0 Å². The molecule has 1 heterocycles. The van der Waals surface area contributed by atoms with Crippen molar-refractivity contribution in [2.75, 3.05) is 0 Å². The lowest BCUT2D eigenvalue weighted by atomic mass is 10.1. The van der Waals surface area contributed by atoms with Gasteiger partial charge in [-0.05, 0) is 24.5 Å². The Morgan fingerprint density at radius 1 is 1.33 bits per heavy atom. The van der Waals surface area contributed by atoms with Gasteiger partial charge in [-0.15, -0.1) is 0 Å². The number of hydrogen-bond acceptors (Lipinski definition) is 2. The number of nitrogens with zero attached hydrogens (tertiary/aromatic N) is 1. The second-order valence-electron chi connectivity index (χ2n) is 4.21.